The monoisotopic (exact) mass is 633 g/mol. The van der Waals surface area contributed by atoms with Gasteiger partial charge in [-0.05, 0) is 72.8 Å². The van der Waals surface area contributed by atoms with Crippen molar-refractivity contribution in [2.45, 2.75) is 56.3 Å². The molecule has 0 amide bonds. The van der Waals surface area contributed by atoms with Crippen LogP contribution in [-0.4, -0.2) is 31.4 Å². The van der Waals surface area contributed by atoms with Gasteiger partial charge in [-0.25, -0.2) is 0 Å². The Labute approximate surface area is 227 Å². The van der Waals surface area contributed by atoms with Gasteiger partial charge in [0.15, 0.2) is 17.3 Å². The lowest BCUT2D eigenvalue weighted by molar-refractivity contribution is -0.117. The van der Waals surface area contributed by atoms with E-state index in [0.29, 0.717) is 45.0 Å². The molecule has 0 unspecified atom stereocenters. The first-order chi connectivity index (χ1) is 17.2. The van der Waals surface area contributed by atoms with Gasteiger partial charge < -0.3 is 9.08 Å². The number of hydrogen-bond donors (Lipinski definition) is 0. The van der Waals surface area contributed by atoms with Crippen molar-refractivity contribution in [1.29, 1.82) is 0 Å². The Bertz CT molecular complexity index is 1390. The van der Waals surface area contributed by atoms with E-state index in [-0.39, 0.29) is 22.2 Å². The number of carbonyl (C=O) groups excluding carboxylic acids is 2. The maximum atomic E-state index is 13.4. The molecule has 0 N–H and O–H groups in total. The Balaban J connectivity index is 1.76. The summed E-state index contributed by atoms with van der Waals surface area (Å²) in [4.78, 5) is 29.0. The minimum Gasteiger partial charge on any atom is -0.377 e. The van der Waals surface area contributed by atoms with Gasteiger partial charge in [-0.2, -0.15) is 8.42 Å². The van der Waals surface area contributed by atoms with Gasteiger partial charge in [0.1, 0.15) is 4.90 Å². The molecule has 2 aromatic carbocycles. The number of ketones is 2. The molecular formula is C27H25Br2NO5S. The molecule has 2 aliphatic carbocycles. The van der Waals surface area contributed by atoms with Gasteiger partial charge in [0.05, 0.1) is 4.47 Å². The number of halogens is 2. The Morgan fingerprint density at radius 1 is 0.917 bits per heavy atom. The molecule has 0 bridgehead atoms. The van der Waals surface area contributed by atoms with Crippen LogP contribution in [-0.2, 0) is 19.7 Å². The van der Waals surface area contributed by atoms with E-state index < -0.39 is 16.0 Å². The smallest absolute Gasteiger partial charge is 0.339 e. The molecule has 0 radical (unpaired) electrons. The third kappa shape index (κ3) is 4.39. The van der Waals surface area contributed by atoms with Gasteiger partial charge in [0, 0.05) is 57.9 Å². The zero-order valence-electron chi connectivity index (χ0n) is 19.7. The summed E-state index contributed by atoms with van der Waals surface area (Å²) in [6, 6.07) is 11.4. The Morgan fingerprint density at radius 2 is 1.50 bits per heavy atom. The zero-order chi connectivity index (χ0) is 25.6. The molecule has 0 spiro atoms. The minimum absolute atomic E-state index is 0.00223. The predicted octanol–water partition coefficient (Wildman–Crippen LogP) is 6.41. The number of rotatable bonds is 5. The lowest BCUT2D eigenvalue weighted by Gasteiger charge is -2.43. The number of carbonyl (C=O) groups is 2. The van der Waals surface area contributed by atoms with Gasteiger partial charge in [0.2, 0.25) is 0 Å². The van der Waals surface area contributed by atoms with E-state index in [4.69, 9.17) is 4.18 Å². The number of benzene rings is 2. The quantitative estimate of drug-likeness (QED) is 0.354. The first-order valence-electron chi connectivity index (χ1n) is 12.0. The van der Waals surface area contributed by atoms with Crippen molar-refractivity contribution in [2.24, 2.45) is 0 Å². The van der Waals surface area contributed by atoms with Crippen molar-refractivity contribution >= 4 is 53.5 Å². The molecule has 9 heteroatoms. The summed E-state index contributed by atoms with van der Waals surface area (Å²) in [5, 5.41) is 0. The minimum atomic E-state index is -4.17. The fourth-order valence-corrected chi connectivity index (χ4v) is 7.98. The second kappa shape index (κ2) is 9.91. The van der Waals surface area contributed by atoms with Crippen molar-refractivity contribution in [3.63, 3.8) is 0 Å². The van der Waals surface area contributed by atoms with Crippen LogP contribution in [0, 0.1) is 0 Å². The average molecular weight is 635 g/mol. The highest BCUT2D eigenvalue weighted by molar-refractivity contribution is 9.11. The van der Waals surface area contributed by atoms with E-state index in [0.717, 1.165) is 37.1 Å². The molecule has 0 aromatic heterocycles. The van der Waals surface area contributed by atoms with Gasteiger partial charge in [-0.15, -0.1) is 0 Å². The van der Waals surface area contributed by atoms with Gasteiger partial charge >= 0.3 is 10.1 Å². The summed E-state index contributed by atoms with van der Waals surface area (Å²) < 4.78 is 33.4. The molecule has 188 valence electrons. The number of Topliss-reactive ketones (excluding diaryl/α,β-unsaturated/α-hetero) is 2. The Kier molecular flexibility index (Phi) is 7.00. The normalized spacial score (nSPS) is 18.9. The van der Waals surface area contributed by atoms with Crippen molar-refractivity contribution in [2.75, 3.05) is 6.54 Å². The lowest BCUT2D eigenvalue weighted by atomic mass is 9.70. The van der Waals surface area contributed by atoms with Gasteiger partial charge in [-0.1, -0.05) is 34.1 Å². The first-order valence-corrected chi connectivity index (χ1v) is 15.0. The standard InChI is InChI=1S/C27H25Br2NO5S/c1-2-30-20-10-6-12-22(31)25(20)24(26-21(30)11-7-13-23(26)32)18-14-16(28)15-19(29)27(18)35-36(33,34)17-8-4-3-5-9-17/h3-5,8-9,14-15,24H,2,6-7,10-13H2,1H3. The third-order valence-corrected chi connectivity index (χ3v) is 9.26. The van der Waals surface area contributed by atoms with Crippen molar-refractivity contribution in [1.82, 2.24) is 4.90 Å². The Morgan fingerprint density at radius 3 is 2.06 bits per heavy atom. The van der Waals surface area contributed by atoms with Crippen LogP contribution in [0.25, 0.3) is 0 Å². The molecule has 0 fully saturated rings. The van der Waals surface area contributed by atoms with Crippen LogP contribution in [0.15, 0.2) is 78.8 Å². The van der Waals surface area contributed by atoms with E-state index in [1.165, 1.54) is 12.1 Å². The van der Waals surface area contributed by atoms with Crippen molar-refractivity contribution in [3.8, 4) is 5.75 Å². The molecule has 0 saturated heterocycles. The molecule has 2 aromatic rings. The maximum Gasteiger partial charge on any atom is 0.339 e. The molecule has 1 aliphatic heterocycles. The molecule has 3 aliphatic rings. The molecule has 0 saturated carbocycles. The highest BCUT2D eigenvalue weighted by Crippen LogP contribution is 2.52. The molecule has 1 heterocycles. The van der Waals surface area contributed by atoms with Gasteiger partial charge in [0.25, 0.3) is 0 Å². The van der Waals surface area contributed by atoms with E-state index in [9.17, 15) is 18.0 Å². The number of nitrogens with zero attached hydrogens (tertiary/aromatic N) is 1. The van der Waals surface area contributed by atoms with E-state index in [1.54, 1.807) is 30.3 Å². The summed E-state index contributed by atoms with van der Waals surface area (Å²) in [7, 11) is -4.17. The SMILES string of the molecule is CCN1C2=C(C(=O)CCC2)C(c2cc(Br)cc(Br)c2OS(=O)(=O)c2ccccc2)C2=C1CCCC2=O. The van der Waals surface area contributed by atoms with Crippen LogP contribution < -0.4 is 4.18 Å². The maximum absolute atomic E-state index is 13.4. The zero-order valence-corrected chi connectivity index (χ0v) is 23.7. The molecule has 6 nitrogen and oxygen atoms in total. The second-order valence-electron chi connectivity index (χ2n) is 9.11. The van der Waals surface area contributed by atoms with E-state index in [1.807, 2.05) is 6.92 Å². The fraction of sp³-hybridized carbons (Fsp3) is 0.333. The lowest BCUT2D eigenvalue weighted by Crippen LogP contribution is -2.39. The third-order valence-electron chi connectivity index (χ3n) is 6.98. The summed E-state index contributed by atoms with van der Waals surface area (Å²) in [6.07, 6.45) is 3.79. The van der Waals surface area contributed by atoms with E-state index in [2.05, 4.69) is 36.8 Å². The van der Waals surface area contributed by atoms with Crippen LogP contribution in [0.5, 0.6) is 5.75 Å². The van der Waals surface area contributed by atoms with Crippen LogP contribution in [0.4, 0.5) is 0 Å². The Hall–Kier alpha value is -2.23. The summed E-state index contributed by atoms with van der Waals surface area (Å²) in [5.41, 5.74) is 3.55. The largest absolute Gasteiger partial charge is 0.377 e. The molecule has 5 rings (SSSR count). The van der Waals surface area contributed by atoms with Crippen LogP contribution >= 0.6 is 31.9 Å². The topological polar surface area (TPSA) is 80.8 Å². The van der Waals surface area contributed by atoms with Crippen LogP contribution in [0.1, 0.15) is 56.9 Å². The molecule has 36 heavy (non-hydrogen) atoms. The fourth-order valence-electron chi connectivity index (χ4n) is 5.54. The van der Waals surface area contributed by atoms with Crippen molar-refractivity contribution in [3.05, 3.63) is 79.5 Å². The second-order valence-corrected chi connectivity index (χ2v) is 12.4. The highest BCUT2D eigenvalue weighted by Gasteiger charge is 2.44. The van der Waals surface area contributed by atoms with Crippen molar-refractivity contribution < 1.29 is 22.2 Å². The summed E-state index contributed by atoms with van der Waals surface area (Å²) in [6.45, 7) is 2.70. The average Bonchev–Trinajstić information content (AvgIpc) is 2.85. The molecular weight excluding hydrogens is 610 g/mol. The van der Waals surface area contributed by atoms with Crippen LogP contribution in [0.2, 0.25) is 0 Å². The predicted molar refractivity (Wildman–Crippen MR) is 143 cm³/mol. The number of allylic oxidation sites excluding steroid dienone is 4. The van der Waals surface area contributed by atoms with Crippen LogP contribution in [0.3, 0.4) is 0 Å². The van der Waals surface area contributed by atoms with E-state index >= 15 is 0 Å². The molecule has 0 atom stereocenters. The summed E-state index contributed by atoms with van der Waals surface area (Å²) in [5.74, 6) is -0.601. The van der Waals surface area contributed by atoms with Gasteiger partial charge in [-0.3, -0.25) is 9.59 Å². The first kappa shape index (κ1) is 25.4. The highest BCUT2D eigenvalue weighted by atomic mass is 79.9. The number of hydrogen-bond acceptors (Lipinski definition) is 6. The summed E-state index contributed by atoms with van der Waals surface area (Å²) >= 11 is 7.01.